The minimum absolute atomic E-state index is 0.0221. The number of nitrogen functional groups attached to an aromatic ring is 2. The van der Waals surface area contributed by atoms with Gasteiger partial charge in [0.05, 0.1) is 48.9 Å². The summed E-state index contributed by atoms with van der Waals surface area (Å²) in [6.07, 6.45) is 14.8. The zero-order valence-electron chi connectivity index (χ0n) is 56.3. The van der Waals surface area contributed by atoms with Gasteiger partial charge in [0, 0.05) is 83.4 Å². The van der Waals surface area contributed by atoms with Gasteiger partial charge in [-0.05, 0) is 204 Å². The number of aromatic nitrogens is 4. The molecule has 0 unspecified atom stereocenters. The van der Waals surface area contributed by atoms with Crippen molar-refractivity contribution in [2.75, 3.05) is 47.1 Å². The van der Waals surface area contributed by atoms with Crippen molar-refractivity contribution in [1.82, 2.24) is 30.2 Å². The number of anilines is 4. The van der Waals surface area contributed by atoms with Crippen LogP contribution < -0.4 is 31.7 Å². The summed E-state index contributed by atoms with van der Waals surface area (Å²) in [6.45, 7) is 3.62. The fourth-order valence-electron chi connectivity index (χ4n) is 8.94. The third-order valence-corrected chi connectivity index (χ3v) is 20.4. The zero-order chi connectivity index (χ0) is 80.8. The van der Waals surface area contributed by atoms with Crippen LogP contribution in [0.4, 0.5) is 40.3 Å². The monoisotopic (exact) mass is 1710 g/mol. The number of aromatic carboxylic acids is 2. The number of hydrogen-bond acceptors (Lipinski definition) is 21. The largest absolute Gasteiger partial charge is 0.505 e. The molecule has 0 aliphatic carbocycles. The van der Waals surface area contributed by atoms with Crippen molar-refractivity contribution in [3.05, 3.63) is 267 Å². The summed E-state index contributed by atoms with van der Waals surface area (Å²) in [5.74, 6) is -7.97. The Kier molecular flexibility index (Phi) is 31.2. The minimum atomic E-state index is -4.54. The number of pyridine rings is 4. The minimum Gasteiger partial charge on any atom is -0.505 e. The number of benzene rings is 7. The number of amides is 1. The Morgan fingerprint density at radius 2 is 0.791 bits per heavy atom. The van der Waals surface area contributed by atoms with Crippen LogP contribution in [0.2, 0.25) is 15.1 Å². The van der Waals surface area contributed by atoms with Crippen molar-refractivity contribution < 1.29 is 92.8 Å². The van der Waals surface area contributed by atoms with Gasteiger partial charge in [-0.1, -0.05) is 68.9 Å². The van der Waals surface area contributed by atoms with E-state index in [-0.39, 0.29) is 50.5 Å². The molecule has 7 aromatic carbocycles. The second-order valence-corrected chi connectivity index (χ2v) is 30.5. The molecule has 2 aliphatic heterocycles. The predicted octanol–water partition coefficient (Wildman–Crippen LogP) is 12.7. The Balaban J connectivity index is 0.000000192. The van der Waals surface area contributed by atoms with E-state index in [0.717, 1.165) is 64.5 Å². The quantitative estimate of drug-likeness (QED) is 0.0208. The maximum Gasteiger partial charge on any atom is 0.488 e. The molecule has 0 bridgehead atoms. The van der Waals surface area contributed by atoms with Gasteiger partial charge in [-0.3, -0.25) is 34.2 Å². The molecule has 0 spiro atoms. The third kappa shape index (κ3) is 24.7. The molecule has 6 heterocycles. The van der Waals surface area contributed by atoms with Crippen LogP contribution in [-0.2, 0) is 29.1 Å². The third-order valence-electron chi connectivity index (χ3n) is 14.9. The highest BCUT2D eigenvalue weighted by molar-refractivity contribution is 9.10. The number of phenolic OH excluding ortho intramolecular Hbond substituents is 3. The van der Waals surface area contributed by atoms with Crippen molar-refractivity contribution in [3.8, 4) is 50.6 Å². The summed E-state index contributed by atoms with van der Waals surface area (Å²) in [5, 5.41) is 66.2. The molecule has 26 nitrogen and oxygen atoms in total. The van der Waals surface area contributed by atoms with Crippen molar-refractivity contribution >= 4 is 144 Å². The number of carbonyl (C=O) groups is 3. The lowest BCUT2D eigenvalue weighted by molar-refractivity contribution is 0.0649. The van der Waals surface area contributed by atoms with Crippen LogP contribution in [0.25, 0.3) is 33.4 Å². The summed E-state index contributed by atoms with van der Waals surface area (Å²) in [6, 6.07) is 35.9. The first-order valence-electron chi connectivity index (χ1n) is 31.3. The van der Waals surface area contributed by atoms with Gasteiger partial charge in [0.1, 0.15) is 38.0 Å². The lowest BCUT2D eigenvalue weighted by Crippen LogP contribution is -2.42. The number of likely N-dealkylation sites (tertiary alicyclic amines) is 1. The van der Waals surface area contributed by atoms with E-state index in [0.29, 0.717) is 40.8 Å². The van der Waals surface area contributed by atoms with Crippen LogP contribution in [0.3, 0.4) is 0 Å². The number of nitrogens with zero attached hydrogens (tertiary/aromatic N) is 5. The van der Waals surface area contributed by atoms with Gasteiger partial charge in [-0.15, -0.1) is 0 Å². The average molecular weight is 1710 g/mol. The second kappa shape index (κ2) is 39.6. The Morgan fingerprint density at radius 3 is 1.11 bits per heavy atom. The smallest absolute Gasteiger partial charge is 0.488 e. The highest BCUT2D eigenvalue weighted by Gasteiger charge is 2.30. The molecule has 2 fully saturated rings. The molecule has 1 amide bonds. The molecule has 2 saturated heterocycles. The van der Waals surface area contributed by atoms with Gasteiger partial charge < -0.3 is 57.3 Å². The number of hydrogen-bond donors (Lipinski definition) is 12. The van der Waals surface area contributed by atoms with E-state index in [1.165, 1.54) is 97.7 Å². The van der Waals surface area contributed by atoms with Crippen LogP contribution >= 0.6 is 61.4 Å². The number of carboxylic acid groups (broad SMARTS) is 2. The summed E-state index contributed by atoms with van der Waals surface area (Å²) >= 11 is 20.3. The number of carboxylic acids is 2. The summed E-state index contributed by atoms with van der Waals surface area (Å²) < 4.78 is 132. The molecule has 0 atom stereocenters. The molecule has 4 aromatic heterocycles. The Labute approximate surface area is 654 Å². The Hall–Kier alpha value is -10.7. The normalized spacial score (nSPS) is 11.9. The fraction of sp³-hybridized carbons (Fsp3) is 0.0845. The van der Waals surface area contributed by atoms with E-state index < -0.39 is 113 Å². The number of carbonyl (C=O) groups excluding carboxylic acids is 1. The number of nitrogens with one attached hydrogen (secondary N) is 3. The SMILES string of the molecule is C1CNC1.Nc1cc(-c2ccncc2)ccc1F.Nc1cc(Br)ccc1F.O=C(O)c1cc(Cl)c(O)c(S(=O)(=O)Cl)c1.O=C(O)c1cc(Cl)c(O)c(S(=O)(=O)Nc2cc(-c3ccncc3)ccc2F)c1.O=C(c1cc(Cl)c(O)c(S(=O)(=O)Nc2cc(-c3ccncc3)ccc2F)c1)N1CCC1.OB(O)c1ccncc1. The van der Waals surface area contributed by atoms with E-state index >= 15 is 0 Å². The molecule has 2 aliphatic rings. The van der Waals surface area contributed by atoms with E-state index in [9.17, 15) is 72.5 Å². The molecule has 574 valence electrons. The number of halogens is 9. The van der Waals surface area contributed by atoms with Gasteiger partial charge in [0.2, 0.25) is 0 Å². The van der Waals surface area contributed by atoms with E-state index in [2.05, 4.69) is 45.9 Å². The van der Waals surface area contributed by atoms with Crippen LogP contribution in [-0.4, -0.2) is 137 Å². The van der Waals surface area contributed by atoms with Crippen LogP contribution in [0.1, 0.15) is 43.9 Å². The van der Waals surface area contributed by atoms with Crippen LogP contribution in [0.15, 0.2) is 226 Å². The van der Waals surface area contributed by atoms with E-state index in [4.69, 9.17) is 77.2 Å². The number of rotatable bonds is 14. The first kappa shape index (κ1) is 86.5. The first-order valence-corrected chi connectivity index (χ1v) is 38.5. The molecule has 0 radical (unpaired) electrons. The number of nitrogens with two attached hydrogens (primary N) is 2. The molecule has 39 heteroatoms. The van der Waals surface area contributed by atoms with Gasteiger partial charge in [-0.25, -0.2) is 52.4 Å². The lowest BCUT2D eigenvalue weighted by Gasteiger charge is -2.31. The molecule has 0 saturated carbocycles. The average Bonchev–Trinajstić information content (AvgIpc) is 0.789. The first-order chi connectivity index (χ1) is 52.0. The summed E-state index contributed by atoms with van der Waals surface area (Å²) in [4.78, 5) is 49.0. The summed E-state index contributed by atoms with van der Waals surface area (Å²) in [7, 11) is -9.66. The van der Waals surface area contributed by atoms with E-state index in [1.54, 1.807) is 79.4 Å². The number of aromatic hydroxyl groups is 3. The standard InChI is InChI=1S/C21H17ClFN3O4S.C18H12ClFN2O5S.C11H9FN2.C7H4Cl2O5S.C6H5BrFN.C5H6BNO2.C3H7N/c22-16-10-15(21(28)26-8-1-9-26)12-19(20(16)27)31(29,30)25-18-11-14(2-3-17(18)23)13-4-6-24-7-5-13;19-13-7-12(18(24)25)9-16(17(13)23)28(26,27)22-15-8-11(1-2-14(15)20)10-3-5-21-6-4-10;12-10-2-1-9(7-11(10)13)8-3-5-14-6-4-8;8-4-1-3(7(11)12)2-5(6(4)10)15(9,13)14;7-4-1-2-5(8)6(9)3-4;8-6(9)5-1-3-7-4-2-5;1-2-4-3-1/h2-7,10-12,25,27H,1,8-9H2;1-9,22-23H,(H,24,25);1-7H,13H2;1-2,10H,(H,11,12);1-3H,9H2;1-4,8-9H;4H,1-3H2. The highest BCUT2D eigenvalue weighted by atomic mass is 79.9. The van der Waals surface area contributed by atoms with Gasteiger partial charge in [0.25, 0.3) is 35.0 Å². The maximum absolute atomic E-state index is 14.4. The van der Waals surface area contributed by atoms with Gasteiger partial charge in [0.15, 0.2) is 17.2 Å². The number of phenols is 3. The molecule has 13 rings (SSSR count). The van der Waals surface area contributed by atoms with Crippen molar-refractivity contribution in [1.29, 1.82) is 0 Å². The topological polar surface area (TPSA) is 438 Å². The maximum atomic E-state index is 14.4. The highest BCUT2D eigenvalue weighted by Crippen LogP contribution is 2.38. The van der Waals surface area contributed by atoms with Crippen molar-refractivity contribution in [2.45, 2.75) is 27.5 Å². The summed E-state index contributed by atoms with van der Waals surface area (Å²) in [5.41, 5.74) is 14.3. The zero-order valence-corrected chi connectivity index (χ0v) is 63.3. The Bertz CT molecular complexity index is 5470. The lowest BCUT2D eigenvalue weighted by atomic mass is 9.81. The second-order valence-electron chi connectivity index (χ2n) is 22.6. The van der Waals surface area contributed by atoms with Crippen molar-refractivity contribution in [3.63, 3.8) is 0 Å². The van der Waals surface area contributed by atoms with Crippen LogP contribution in [0.5, 0.6) is 17.2 Å². The molecule has 14 N–H and O–H groups in total. The van der Waals surface area contributed by atoms with Crippen molar-refractivity contribution in [2.24, 2.45) is 0 Å². The Morgan fingerprint density at radius 1 is 0.464 bits per heavy atom. The molecular formula is C71H60BBrCl4F4N10O16S3. The van der Waals surface area contributed by atoms with Crippen LogP contribution in [0, 0.1) is 23.3 Å². The molecular weight excluding hydrogens is 1650 g/mol. The van der Waals surface area contributed by atoms with Gasteiger partial charge >= 0.3 is 19.1 Å². The predicted molar refractivity (Wildman–Crippen MR) is 412 cm³/mol. The fourth-order valence-corrected chi connectivity index (χ4v) is 13.5. The molecule has 110 heavy (non-hydrogen) atoms. The van der Waals surface area contributed by atoms with Gasteiger partial charge in [-0.2, -0.15) is 0 Å². The number of sulfonamides is 2. The van der Waals surface area contributed by atoms with E-state index in [1.807, 2.05) is 16.9 Å². The molecule has 11 aromatic rings.